The summed E-state index contributed by atoms with van der Waals surface area (Å²) in [5, 5.41) is 10.5. The van der Waals surface area contributed by atoms with Crippen molar-refractivity contribution in [2.24, 2.45) is 17.8 Å². The van der Waals surface area contributed by atoms with Gasteiger partial charge in [-0.15, -0.1) is 0 Å². The van der Waals surface area contributed by atoms with E-state index in [2.05, 4.69) is 13.8 Å². The molecule has 1 amide bonds. The number of aliphatic hydroxyl groups excluding tert-OH is 1. The Labute approximate surface area is 135 Å². The van der Waals surface area contributed by atoms with Gasteiger partial charge in [0.25, 0.3) is 0 Å². The highest BCUT2D eigenvalue weighted by molar-refractivity contribution is 5.69. The van der Waals surface area contributed by atoms with Gasteiger partial charge in [0, 0.05) is 18.5 Å². The average Bonchev–Trinajstić information content (AvgIpc) is 2.86. The molecule has 0 aromatic carbocycles. The van der Waals surface area contributed by atoms with Crippen molar-refractivity contribution in [3.05, 3.63) is 0 Å². The molecule has 128 valence electrons. The lowest BCUT2D eigenvalue weighted by Gasteiger charge is -2.41. The first-order chi connectivity index (χ1) is 10.2. The molecule has 4 nitrogen and oxygen atoms in total. The van der Waals surface area contributed by atoms with Crippen LogP contribution >= 0.6 is 0 Å². The molecule has 1 saturated heterocycles. The zero-order valence-electron chi connectivity index (χ0n) is 14.8. The number of aliphatic hydroxyl groups is 1. The van der Waals surface area contributed by atoms with E-state index in [1.807, 2.05) is 25.7 Å². The SMILES string of the molecule is CC(C)C1CCC(O)C(C2CCCN2C(=O)OC(C)(C)C)C1. The molecule has 2 aliphatic rings. The Morgan fingerprint density at radius 1 is 1.23 bits per heavy atom. The lowest BCUT2D eigenvalue weighted by Crippen LogP contribution is -2.48. The standard InChI is InChI=1S/C18H33NO3/c1-12(2)13-8-9-16(20)14(11-13)15-7-6-10-19(15)17(21)22-18(3,4)5/h12-16,20H,6-11H2,1-5H3. The van der Waals surface area contributed by atoms with Crippen molar-refractivity contribution in [2.75, 3.05) is 6.54 Å². The molecule has 1 N–H and O–H groups in total. The van der Waals surface area contributed by atoms with Crippen LogP contribution < -0.4 is 0 Å². The van der Waals surface area contributed by atoms with Crippen LogP contribution in [0, 0.1) is 17.8 Å². The molecule has 4 atom stereocenters. The van der Waals surface area contributed by atoms with Gasteiger partial charge < -0.3 is 14.7 Å². The highest BCUT2D eigenvalue weighted by Gasteiger charge is 2.42. The third kappa shape index (κ3) is 4.15. The fraction of sp³-hybridized carbons (Fsp3) is 0.944. The molecule has 0 spiro atoms. The second-order valence-electron chi connectivity index (χ2n) is 8.43. The van der Waals surface area contributed by atoms with Gasteiger partial charge in [0.05, 0.1) is 6.10 Å². The predicted octanol–water partition coefficient (Wildman–Crippen LogP) is 3.82. The molecule has 22 heavy (non-hydrogen) atoms. The molecule has 0 radical (unpaired) electrons. The summed E-state index contributed by atoms with van der Waals surface area (Å²) in [5.74, 6) is 1.51. The maximum atomic E-state index is 12.5. The molecule has 2 fully saturated rings. The zero-order valence-corrected chi connectivity index (χ0v) is 14.8. The van der Waals surface area contributed by atoms with Crippen molar-refractivity contribution in [2.45, 2.75) is 84.5 Å². The molecule has 1 aliphatic heterocycles. The van der Waals surface area contributed by atoms with Crippen molar-refractivity contribution < 1.29 is 14.6 Å². The van der Waals surface area contributed by atoms with Crippen LogP contribution in [-0.2, 0) is 4.74 Å². The first kappa shape index (κ1) is 17.6. The maximum absolute atomic E-state index is 12.5. The van der Waals surface area contributed by atoms with Gasteiger partial charge in [0.2, 0.25) is 0 Å². The van der Waals surface area contributed by atoms with Gasteiger partial charge in [-0.3, -0.25) is 0 Å². The van der Waals surface area contributed by atoms with Gasteiger partial charge in [-0.05, 0) is 64.7 Å². The van der Waals surface area contributed by atoms with Gasteiger partial charge in [-0.2, -0.15) is 0 Å². The van der Waals surface area contributed by atoms with Crippen LogP contribution in [0.1, 0.15) is 66.7 Å². The van der Waals surface area contributed by atoms with Crippen LogP contribution in [0.5, 0.6) is 0 Å². The first-order valence-corrected chi connectivity index (χ1v) is 8.86. The van der Waals surface area contributed by atoms with Gasteiger partial charge >= 0.3 is 6.09 Å². The molecule has 0 aromatic heterocycles. The summed E-state index contributed by atoms with van der Waals surface area (Å²) >= 11 is 0. The minimum absolute atomic E-state index is 0.145. The molecule has 1 heterocycles. The van der Waals surface area contributed by atoms with Crippen LogP contribution in [0.3, 0.4) is 0 Å². The van der Waals surface area contributed by atoms with Gasteiger partial charge in [0.1, 0.15) is 5.60 Å². The molecular weight excluding hydrogens is 278 g/mol. The quantitative estimate of drug-likeness (QED) is 0.843. The number of likely N-dealkylation sites (tertiary alicyclic amines) is 1. The monoisotopic (exact) mass is 311 g/mol. The Morgan fingerprint density at radius 3 is 2.50 bits per heavy atom. The summed E-state index contributed by atoms with van der Waals surface area (Å²) in [6.45, 7) is 11.0. The van der Waals surface area contributed by atoms with Crippen LogP contribution in [0.2, 0.25) is 0 Å². The first-order valence-electron chi connectivity index (χ1n) is 8.86. The highest BCUT2D eigenvalue weighted by Crippen LogP contribution is 2.40. The fourth-order valence-electron chi connectivity index (χ4n) is 4.03. The normalized spacial score (nSPS) is 33.3. The highest BCUT2D eigenvalue weighted by atomic mass is 16.6. The van der Waals surface area contributed by atoms with E-state index in [9.17, 15) is 9.90 Å². The number of amides is 1. The number of carbonyl (C=O) groups is 1. The van der Waals surface area contributed by atoms with Crippen molar-refractivity contribution in [1.82, 2.24) is 4.90 Å². The molecule has 1 aliphatic carbocycles. The number of hydrogen-bond acceptors (Lipinski definition) is 3. The average molecular weight is 311 g/mol. The van der Waals surface area contributed by atoms with Crippen molar-refractivity contribution in [3.63, 3.8) is 0 Å². The van der Waals surface area contributed by atoms with E-state index < -0.39 is 5.60 Å². The lowest BCUT2D eigenvalue weighted by atomic mass is 9.71. The van der Waals surface area contributed by atoms with E-state index in [1.165, 1.54) is 0 Å². The van der Waals surface area contributed by atoms with Crippen molar-refractivity contribution in [1.29, 1.82) is 0 Å². The smallest absolute Gasteiger partial charge is 0.410 e. The Kier molecular flexibility index (Phi) is 5.41. The Morgan fingerprint density at radius 2 is 1.91 bits per heavy atom. The third-order valence-corrected chi connectivity index (χ3v) is 5.27. The second kappa shape index (κ2) is 6.77. The summed E-state index contributed by atoms with van der Waals surface area (Å²) < 4.78 is 5.56. The number of rotatable bonds is 2. The summed E-state index contributed by atoms with van der Waals surface area (Å²) in [5.41, 5.74) is -0.462. The molecule has 4 heteroatoms. The molecule has 0 bridgehead atoms. The number of nitrogens with zero attached hydrogens (tertiary/aromatic N) is 1. The van der Waals surface area contributed by atoms with E-state index in [1.54, 1.807) is 0 Å². The number of ether oxygens (including phenoxy) is 1. The van der Waals surface area contributed by atoms with Crippen LogP contribution in [0.25, 0.3) is 0 Å². The summed E-state index contributed by atoms with van der Waals surface area (Å²) in [6.07, 6.45) is 4.52. The number of hydrogen-bond donors (Lipinski definition) is 1. The summed E-state index contributed by atoms with van der Waals surface area (Å²) in [4.78, 5) is 14.3. The van der Waals surface area contributed by atoms with Crippen LogP contribution in [0.15, 0.2) is 0 Å². The molecule has 1 saturated carbocycles. The molecule has 2 rings (SSSR count). The van der Waals surface area contributed by atoms with E-state index >= 15 is 0 Å². The largest absolute Gasteiger partial charge is 0.444 e. The van der Waals surface area contributed by atoms with Crippen LogP contribution in [0.4, 0.5) is 4.79 Å². The number of carbonyl (C=O) groups excluding carboxylic acids is 1. The van der Waals surface area contributed by atoms with Crippen molar-refractivity contribution >= 4 is 6.09 Å². The van der Waals surface area contributed by atoms with Gasteiger partial charge in [-0.1, -0.05) is 13.8 Å². The van der Waals surface area contributed by atoms with Crippen molar-refractivity contribution in [3.8, 4) is 0 Å². The Bertz CT molecular complexity index is 388. The zero-order chi connectivity index (χ0) is 16.5. The lowest BCUT2D eigenvalue weighted by molar-refractivity contribution is -0.0184. The minimum atomic E-state index is -0.462. The summed E-state index contributed by atoms with van der Waals surface area (Å²) in [6, 6.07) is 0.145. The topological polar surface area (TPSA) is 49.8 Å². The van der Waals surface area contributed by atoms with E-state index in [0.717, 1.165) is 38.6 Å². The maximum Gasteiger partial charge on any atom is 0.410 e. The third-order valence-electron chi connectivity index (χ3n) is 5.27. The molecule has 4 unspecified atom stereocenters. The van der Waals surface area contributed by atoms with Gasteiger partial charge in [-0.25, -0.2) is 4.79 Å². The van der Waals surface area contributed by atoms with E-state index in [-0.39, 0.29) is 24.2 Å². The van der Waals surface area contributed by atoms with E-state index in [4.69, 9.17) is 4.74 Å². The predicted molar refractivity (Wildman–Crippen MR) is 87.6 cm³/mol. The van der Waals surface area contributed by atoms with Gasteiger partial charge in [0.15, 0.2) is 0 Å². The van der Waals surface area contributed by atoms with Crippen LogP contribution in [-0.4, -0.2) is 40.4 Å². The Hall–Kier alpha value is -0.770. The van der Waals surface area contributed by atoms with E-state index in [0.29, 0.717) is 11.8 Å². The fourth-order valence-corrected chi connectivity index (χ4v) is 4.03. The second-order valence-corrected chi connectivity index (χ2v) is 8.43. The molecular formula is C18H33NO3. The minimum Gasteiger partial charge on any atom is -0.444 e. The summed E-state index contributed by atoms with van der Waals surface area (Å²) in [7, 11) is 0. The Balaban J connectivity index is 2.06. The molecule has 0 aromatic rings.